The largest absolute Gasteiger partial charge is 0.477 e. The van der Waals surface area contributed by atoms with Crippen molar-refractivity contribution in [2.45, 2.75) is 0 Å². The van der Waals surface area contributed by atoms with E-state index in [9.17, 15) is 4.79 Å². The van der Waals surface area contributed by atoms with Gasteiger partial charge in [-0.25, -0.2) is 14.8 Å². The van der Waals surface area contributed by atoms with Crippen molar-refractivity contribution in [1.29, 1.82) is 0 Å². The third kappa shape index (κ3) is 2.59. The number of halogens is 1. The normalized spacial score (nSPS) is 10.2. The van der Waals surface area contributed by atoms with Crippen LogP contribution in [0, 0.1) is 0 Å². The zero-order chi connectivity index (χ0) is 12.4. The minimum atomic E-state index is -1.13. The van der Waals surface area contributed by atoms with Gasteiger partial charge in [-0.15, -0.1) is 0 Å². The van der Waals surface area contributed by atoms with E-state index in [1.807, 2.05) is 24.3 Å². The SMILES string of the molecule is Nc1nc(C(=O)O)cc(-c2ccc(Br)cc2)n1. The van der Waals surface area contributed by atoms with Gasteiger partial charge in [0.2, 0.25) is 5.95 Å². The number of hydrogen-bond donors (Lipinski definition) is 2. The maximum absolute atomic E-state index is 10.8. The fourth-order valence-corrected chi connectivity index (χ4v) is 1.61. The number of hydrogen-bond acceptors (Lipinski definition) is 4. The molecule has 5 nitrogen and oxygen atoms in total. The second kappa shape index (κ2) is 4.50. The highest BCUT2D eigenvalue weighted by molar-refractivity contribution is 9.10. The Morgan fingerprint density at radius 2 is 1.88 bits per heavy atom. The summed E-state index contributed by atoms with van der Waals surface area (Å²) < 4.78 is 0.932. The second-order valence-corrected chi connectivity index (χ2v) is 4.22. The lowest BCUT2D eigenvalue weighted by molar-refractivity contribution is 0.0690. The molecule has 3 N–H and O–H groups in total. The maximum Gasteiger partial charge on any atom is 0.354 e. The molecule has 0 aliphatic heterocycles. The third-order valence-electron chi connectivity index (χ3n) is 2.10. The van der Waals surface area contributed by atoms with Crippen molar-refractivity contribution in [2.75, 3.05) is 5.73 Å². The van der Waals surface area contributed by atoms with E-state index in [0.29, 0.717) is 5.69 Å². The molecule has 0 radical (unpaired) electrons. The van der Waals surface area contributed by atoms with E-state index in [0.717, 1.165) is 10.0 Å². The molecule has 1 aromatic carbocycles. The summed E-state index contributed by atoms with van der Waals surface area (Å²) in [7, 11) is 0. The summed E-state index contributed by atoms with van der Waals surface area (Å²) in [5.74, 6) is -1.18. The van der Waals surface area contributed by atoms with Crippen molar-refractivity contribution in [3.05, 3.63) is 40.5 Å². The summed E-state index contributed by atoms with van der Waals surface area (Å²) in [5.41, 5.74) is 6.62. The highest BCUT2D eigenvalue weighted by Crippen LogP contribution is 2.21. The summed E-state index contributed by atoms with van der Waals surface area (Å²) in [4.78, 5) is 18.5. The van der Waals surface area contributed by atoms with Crippen LogP contribution in [0.3, 0.4) is 0 Å². The number of carbonyl (C=O) groups is 1. The van der Waals surface area contributed by atoms with Crippen molar-refractivity contribution in [2.24, 2.45) is 0 Å². The number of nitrogens with zero attached hydrogens (tertiary/aromatic N) is 2. The fraction of sp³-hybridized carbons (Fsp3) is 0. The summed E-state index contributed by atoms with van der Waals surface area (Å²) in [6.07, 6.45) is 0. The van der Waals surface area contributed by atoms with Crippen LogP contribution in [0.15, 0.2) is 34.8 Å². The first kappa shape index (κ1) is 11.5. The second-order valence-electron chi connectivity index (χ2n) is 3.31. The van der Waals surface area contributed by atoms with Gasteiger partial charge in [-0.05, 0) is 18.2 Å². The van der Waals surface area contributed by atoms with E-state index in [-0.39, 0.29) is 11.6 Å². The topological polar surface area (TPSA) is 89.1 Å². The van der Waals surface area contributed by atoms with Crippen LogP contribution in [0.2, 0.25) is 0 Å². The molecular weight excluding hydrogens is 286 g/mol. The van der Waals surface area contributed by atoms with Crippen LogP contribution in [-0.4, -0.2) is 21.0 Å². The Kier molecular flexibility index (Phi) is 3.06. The standard InChI is InChI=1S/C11H8BrN3O2/c12-7-3-1-6(2-4-7)8-5-9(10(16)17)15-11(13)14-8/h1-5H,(H,16,17)(H2,13,14,15). The van der Waals surface area contributed by atoms with Gasteiger partial charge in [0.15, 0.2) is 5.69 Å². The zero-order valence-electron chi connectivity index (χ0n) is 8.59. The Morgan fingerprint density at radius 1 is 1.24 bits per heavy atom. The first-order chi connectivity index (χ1) is 8.06. The molecular formula is C11H8BrN3O2. The minimum Gasteiger partial charge on any atom is -0.477 e. The van der Waals surface area contributed by atoms with Crippen LogP contribution >= 0.6 is 15.9 Å². The van der Waals surface area contributed by atoms with E-state index in [4.69, 9.17) is 10.8 Å². The number of benzene rings is 1. The molecule has 0 fully saturated rings. The minimum absolute atomic E-state index is 0.0529. The number of carboxylic acid groups (broad SMARTS) is 1. The Labute approximate surface area is 105 Å². The van der Waals surface area contributed by atoms with E-state index in [1.54, 1.807) is 0 Å². The molecule has 0 spiro atoms. The number of nitrogen functional groups attached to an aromatic ring is 1. The lowest BCUT2D eigenvalue weighted by Crippen LogP contribution is -2.05. The van der Waals surface area contributed by atoms with Gasteiger partial charge in [0, 0.05) is 10.0 Å². The monoisotopic (exact) mass is 293 g/mol. The van der Waals surface area contributed by atoms with Crippen molar-refractivity contribution >= 4 is 27.8 Å². The van der Waals surface area contributed by atoms with Crippen molar-refractivity contribution in [3.8, 4) is 11.3 Å². The van der Waals surface area contributed by atoms with Gasteiger partial charge in [0.05, 0.1) is 5.69 Å². The first-order valence-electron chi connectivity index (χ1n) is 4.70. The summed E-state index contributed by atoms with van der Waals surface area (Å²) >= 11 is 3.32. The summed E-state index contributed by atoms with van der Waals surface area (Å²) in [5, 5.41) is 8.87. The van der Waals surface area contributed by atoms with Crippen molar-refractivity contribution < 1.29 is 9.90 Å². The number of aromatic nitrogens is 2. The molecule has 0 aliphatic carbocycles. The molecule has 0 bridgehead atoms. The number of nitrogens with two attached hydrogens (primary N) is 1. The van der Waals surface area contributed by atoms with E-state index < -0.39 is 5.97 Å². The predicted molar refractivity (Wildman–Crippen MR) is 66.5 cm³/mol. The number of rotatable bonds is 2. The number of aromatic carboxylic acids is 1. The number of carboxylic acids is 1. The van der Waals surface area contributed by atoms with Gasteiger partial charge in [-0.1, -0.05) is 28.1 Å². The Bertz CT molecular complexity index is 569. The van der Waals surface area contributed by atoms with Crippen LogP contribution in [0.1, 0.15) is 10.5 Å². The van der Waals surface area contributed by atoms with Crippen molar-refractivity contribution in [3.63, 3.8) is 0 Å². The van der Waals surface area contributed by atoms with E-state index in [2.05, 4.69) is 25.9 Å². The molecule has 2 aromatic rings. The molecule has 0 amide bonds. The van der Waals surface area contributed by atoms with Crippen LogP contribution in [0.25, 0.3) is 11.3 Å². The number of anilines is 1. The van der Waals surface area contributed by atoms with Gasteiger partial charge in [-0.2, -0.15) is 0 Å². The maximum atomic E-state index is 10.8. The molecule has 2 rings (SSSR count). The average molecular weight is 294 g/mol. The van der Waals surface area contributed by atoms with Gasteiger partial charge in [0.25, 0.3) is 0 Å². The van der Waals surface area contributed by atoms with Crippen LogP contribution in [0.5, 0.6) is 0 Å². The molecule has 0 unspecified atom stereocenters. The summed E-state index contributed by atoms with van der Waals surface area (Å²) in [6.45, 7) is 0. The molecule has 1 aromatic heterocycles. The predicted octanol–water partition coefficient (Wildman–Crippen LogP) is 2.19. The van der Waals surface area contributed by atoms with Gasteiger partial charge in [0.1, 0.15) is 0 Å². The summed E-state index contributed by atoms with van der Waals surface area (Å²) in [6, 6.07) is 8.71. The van der Waals surface area contributed by atoms with Crippen LogP contribution < -0.4 is 5.73 Å². The Hall–Kier alpha value is -1.95. The molecule has 0 saturated carbocycles. The quantitative estimate of drug-likeness (QED) is 0.886. The molecule has 0 aliphatic rings. The molecule has 0 atom stereocenters. The highest BCUT2D eigenvalue weighted by atomic mass is 79.9. The molecule has 0 saturated heterocycles. The van der Waals surface area contributed by atoms with E-state index >= 15 is 0 Å². The Morgan fingerprint density at radius 3 is 2.47 bits per heavy atom. The smallest absolute Gasteiger partial charge is 0.354 e. The van der Waals surface area contributed by atoms with Crippen LogP contribution in [-0.2, 0) is 0 Å². The average Bonchev–Trinajstić information content (AvgIpc) is 2.29. The van der Waals surface area contributed by atoms with Gasteiger partial charge >= 0.3 is 5.97 Å². The third-order valence-corrected chi connectivity index (χ3v) is 2.63. The molecule has 17 heavy (non-hydrogen) atoms. The van der Waals surface area contributed by atoms with Gasteiger partial charge in [-0.3, -0.25) is 0 Å². The van der Waals surface area contributed by atoms with Crippen molar-refractivity contribution in [1.82, 2.24) is 9.97 Å². The first-order valence-corrected chi connectivity index (χ1v) is 5.49. The lowest BCUT2D eigenvalue weighted by atomic mass is 10.1. The fourth-order valence-electron chi connectivity index (χ4n) is 1.34. The molecule has 1 heterocycles. The lowest BCUT2D eigenvalue weighted by Gasteiger charge is -2.03. The van der Waals surface area contributed by atoms with Gasteiger partial charge < -0.3 is 10.8 Å². The molecule has 6 heteroatoms. The zero-order valence-corrected chi connectivity index (χ0v) is 10.2. The highest BCUT2D eigenvalue weighted by Gasteiger charge is 2.10. The molecule has 86 valence electrons. The Balaban J connectivity index is 2.51. The van der Waals surface area contributed by atoms with Crippen LogP contribution in [0.4, 0.5) is 5.95 Å². The van der Waals surface area contributed by atoms with E-state index in [1.165, 1.54) is 6.07 Å².